The minimum absolute atomic E-state index is 0.0920. The molecule has 3 nitrogen and oxygen atoms in total. The molecule has 1 atom stereocenters. The maximum atomic E-state index is 12.4. The van der Waals surface area contributed by atoms with Crippen LogP contribution < -0.4 is 4.74 Å². The van der Waals surface area contributed by atoms with Crippen LogP contribution in [0.1, 0.15) is 25.3 Å². The number of carbonyl (C=O) groups is 1. The van der Waals surface area contributed by atoms with E-state index < -0.39 is 23.8 Å². The van der Waals surface area contributed by atoms with Crippen LogP contribution in [0.3, 0.4) is 0 Å². The molecule has 0 saturated carbocycles. The maximum absolute atomic E-state index is 12.4. The lowest BCUT2D eigenvalue weighted by Crippen LogP contribution is -2.26. The van der Waals surface area contributed by atoms with Crippen molar-refractivity contribution in [2.45, 2.75) is 32.0 Å². The fourth-order valence-electron chi connectivity index (χ4n) is 1.40. The summed E-state index contributed by atoms with van der Waals surface area (Å²) in [5.74, 6) is -1.28. The highest BCUT2D eigenvalue weighted by atomic mass is 19.4. The summed E-state index contributed by atoms with van der Waals surface area (Å²) >= 11 is 0. The molecule has 1 aromatic rings. The quantitative estimate of drug-likeness (QED) is 0.885. The third-order valence-electron chi connectivity index (χ3n) is 2.27. The van der Waals surface area contributed by atoms with Crippen LogP contribution >= 0.6 is 0 Å². The summed E-state index contributed by atoms with van der Waals surface area (Å²) in [6.07, 6.45) is -4.79. The van der Waals surface area contributed by atoms with Crippen molar-refractivity contribution >= 4 is 5.97 Å². The lowest BCUT2D eigenvalue weighted by atomic mass is 10.2. The molecule has 0 amide bonds. The first-order chi connectivity index (χ1) is 8.34. The standard InChI is InChI=1S/C12H13F3O3/c1-2-4-10(11(16)17)18-9-6-3-5-8(7-9)12(13,14)15/h3,5-7,10H,2,4H2,1H3,(H,16,17). The Hall–Kier alpha value is -1.72. The molecule has 100 valence electrons. The molecule has 18 heavy (non-hydrogen) atoms. The lowest BCUT2D eigenvalue weighted by Gasteiger charge is -2.15. The van der Waals surface area contributed by atoms with E-state index >= 15 is 0 Å². The van der Waals surface area contributed by atoms with Gasteiger partial charge in [0.25, 0.3) is 0 Å². The molecule has 1 N–H and O–H groups in total. The zero-order valence-corrected chi connectivity index (χ0v) is 9.70. The van der Waals surface area contributed by atoms with Gasteiger partial charge in [0.15, 0.2) is 6.10 Å². The Kier molecular flexibility index (Phi) is 4.58. The smallest absolute Gasteiger partial charge is 0.416 e. The molecule has 0 aliphatic rings. The first-order valence-corrected chi connectivity index (χ1v) is 5.41. The summed E-state index contributed by atoms with van der Waals surface area (Å²) < 4.78 is 42.4. The number of halogens is 3. The molecule has 0 bridgehead atoms. The summed E-state index contributed by atoms with van der Waals surface area (Å²) in [7, 11) is 0. The minimum atomic E-state index is -4.47. The molecule has 0 aliphatic carbocycles. The molecule has 1 unspecified atom stereocenters. The first kappa shape index (κ1) is 14.3. The largest absolute Gasteiger partial charge is 0.479 e. The molecule has 0 aliphatic heterocycles. The van der Waals surface area contributed by atoms with Crippen molar-refractivity contribution in [3.63, 3.8) is 0 Å². The molecule has 0 fully saturated rings. The molecular formula is C12H13F3O3. The predicted molar refractivity (Wildman–Crippen MR) is 58.4 cm³/mol. The van der Waals surface area contributed by atoms with Gasteiger partial charge in [-0.05, 0) is 24.6 Å². The molecule has 1 aromatic carbocycles. The molecule has 0 radical (unpaired) electrons. The van der Waals surface area contributed by atoms with Crippen LogP contribution in [0.4, 0.5) is 13.2 Å². The molecule has 0 spiro atoms. The van der Waals surface area contributed by atoms with Crippen LogP contribution in [0, 0.1) is 0 Å². The molecule has 0 aromatic heterocycles. The zero-order chi connectivity index (χ0) is 13.8. The fraction of sp³-hybridized carbons (Fsp3) is 0.417. The van der Waals surface area contributed by atoms with Crippen LogP contribution in [-0.2, 0) is 11.0 Å². The van der Waals surface area contributed by atoms with Crippen LogP contribution in [-0.4, -0.2) is 17.2 Å². The van der Waals surface area contributed by atoms with Crippen LogP contribution in [0.2, 0.25) is 0 Å². The number of alkyl halides is 3. The minimum Gasteiger partial charge on any atom is -0.479 e. The second kappa shape index (κ2) is 5.75. The van der Waals surface area contributed by atoms with E-state index in [1.807, 2.05) is 0 Å². The third kappa shape index (κ3) is 3.94. The number of carboxylic acids is 1. The maximum Gasteiger partial charge on any atom is 0.416 e. The number of rotatable bonds is 5. The van der Waals surface area contributed by atoms with Gasteiger partial charge in [0, 0.05) is 0 Å². The fourth-order valence-corrected chi connectivity index (χ4v) is 1.40. The van der Waals surface area contributed by atoms with Gasteiger partial charge in [-0.15, -0.1) is 0 Å². The number of hydrogen-bond donors (Lipinski definition) is 1. The average molecular weight is 262 g/mol. The Morgan fingerprint density at radius 3 is 2.61 bits per heavy atom. The summed E-state index contributed by atoms with van der Waals surface area (Å²) in [4.78, 5) is 10.8. The highest BCUT2D eigenvalue weighted by molar-refractivity contribution is 5.72. The van der Waals surface area contributed by atoms with E-state index in [0.29, 0.717) is 6.42 Å². The van der Waals surface area contributed by atoms with E-state index in [9.17, 15) is 18.0 Å². The first-order valence-electron chi connectivity index (χ1n) is 5.41. The number of hydrogen-bond acceptors (Lipinski definition) is 2. The van der Waals surface area contributed by atoms with Crippen molar-refractivity contribution < 1.29 is 27.8 Å². The monoisotopic (exact) mass is 262 g/mol. The second-order valence-corrected chi connectivity index (χ2v) is 3.76. The van der Waals surface area contributed by atoms with Crippen LogP contribution in [0.25, 0.3) is 0 Å². The second-order valence-electron chi connectivity index (χ2n) is 3.76. The van der Waals surface area contributed by atoms with Gasteiger partial charge < -0.3 is 9.84 Å². The highest BCUT2D eigenvalue weighted by Crippen LogP contribution is 2.31. The van der Waals surface area contributed by atoms with E-state index in [2.05, 4.69) is 0 Å². The SMILES string of the molecule is CCCC(Oc1cccc(C(F)(F)F)c1)C(=O)O. The normalized spacial score (nSPS) is 13.1. The molecule has 6 heteroatoms. The Bertz CT molecular complexity index is 415. The number of ether oxygens (including phenoxy) is 1. The number of benzene rings is 1. The van der Waals surface area contributed by atoms with E-state index in [0.717, 1.165) is 12.1 Å². The number of aliphatic carboxylic acids is 1. The van der Waals surface area contributed by atoms with E-state index in [1.165, 1.54) is 12.1 Å². The van der Waals surface area contributed by atoms with Crippen LogP contribution in [0.5, 0.6) is 5.75 Å². The Morgan fingerprint density at radius 1 is 1.44 bits per heavy atom. The van der Waals surface area contributed by atoms with Crippen molar-refractivity contribution in [2.24, 2.45) is 0 Å². The topological polar surface area (TPSA) is 46.5 Å². The molecule has 1 rings (SSSR count). The highest BCUT2D eigenvalue weighted by Gasteiger charge is 2.31. The zero-order valence-electron chi connectivity index (χ0n) is 9.70. The van der Waals surface area contributed by atoms with E-state index in [-0.39, 0.29) is 12.2 Å². The van der Waals surface area contributed by atoms with Crippen LogP contribution in [0.15, 0.2) is 24.3 Å². The summed E-state index contributed by atoms with van der Waals surface area (Å²) in [5.41, 5.74) is -0.861. The predicted octanol–water partition coefficient (Wildman–Crippen LogP) is 3.34. The van der Waals surface area contributed by atoms with Gasteiger partial charge in [0.05, 0.1) is 5.56 Å². The van der Waals surface area contributed by atoms with Crippen molar-refractivity contribution in [2.75, 3.05) is 0 Å². The van der Waals surface area contributed by atoms with Gasteiger partial charge in [-0.25, -0.2) is 4.79 Å². The van der Waals surface area contributed by atoms with Gasteiger partial charge in [-0.3, -0.25) is 0 Å². The van der Waals surface area contributed by atoms with Crippen molar-refractivity contribution in [1.29, 1.82) is 0 Å². The summed E-state index contributed by atoms with van der Waals surface area (Å²) in [6, 6.07) is 4.19. The summed E-state index contributed by atoms with van der Waals surface area (Å²) in [5, 5.41) is 8.85. The third-order valence-corrected chi connectivity index (χ3v) is 2.27. The molecular weight excluding hydrogens is 249 g/mol. The van der Waals surface area contributed by atoms with Crippen molar-refractivity contribution in [3.8, 4) is 5.75 Å². The van der Waals surface area contributed by atoms with Gasteiger partial charge in [0.1, 0.15) is 5.75 Å². The Morgan fingerprint density at radius 2 is 2.11 bits per heavy atom. The van der Waals surface area contributed by atoms with Crippen molar-refractivity contribution in [1.82, 2.24) is 0 Å². The molecule has 0 saturated heterocycles. The van der Waals surface area contributed by atoms with Crippen molar-refractivity contribution in [3.05, 3.63) is 29.8 Å². The molecule has 0 heterocycles. The Balaban J connectivity index is 2.87. The number of carboxylic acid groups (broad SMARTS) is 1. The van der Waals surface area contributed by atoms with Gasteiger partial charge >= 0.3 is 12.1 Å². The van der Waals surface area contributed by atoms with E-state index in [4.69, 9.17) is 9.84 Å². The van der Waals surface area contributed by atoms with Gasteiger partial charge in [0.2, 0.25) is 0 Å². The summed E-state index contributed by atoms with van der Waals surface area (Å²) in [6.45, 7) is 1.77. The van der Waals surface area contributed by atoms with E-state index in [1.54, 1.807) is 6.92 Å². The average Bonchev–Trinajstić information content (AvgIpc) is 2.27. The Labute approximate surface area is 102 Å². The lowest BCUT2D eigenvalue weighted by molar-refractivity contribution is -0.145. The van der Waals surface area contributed by atoms with Gasteiger partial charge in [-0.2, -0.15) is 13.2 Å². The van der Waals surface area contributed by atoms with Gasteiger partial charge in [-0.1, -0.05) is 19.4 Å².